The zero-order valence-electron chi connectivity index (χ0n) is 15.8. The van der Waals surface area contributed by atoms with Crippen molar-refractivity contribution in [2.24, 2.45) is 0 Å². The van der Waals surface area contributed by atoms with Crippen molar-refractivity contribution in [2.45, 2.75) is 51.5 Å². The third-order valence-electron chi connectivity index (χ3n) is 5.78. The van der Waals surface area contributed by atoms with Crippen LogP contribution in [0.5, 0.6) is 0 Å². The number of aryl methyl sites for hydroxylation is 1. The van der Waals surface area contributed by atoms with E-state index in [0.717, 1.165) is 50.9 Å². The first-order valence-corrected chi connectivity index (χ1v) is 9.81. The molecular weight excluding hydrogens is 324 g/mol. The number of carbonyl (C=O) groups is 1. The van der Waals surface area contributed by atoms with Gasteiger partial charge in [0.15, 0.2) is 5.69 Å². The van der Waals surface area contributed by atoms with E-state index in [0.29, 0.717) is 11.7 Å². The average molecular weight is 352 g/mol. The molecule has 1 aliphatic carbocycles. The van der Waals surface area contributed by atoms with E-state index < -0.39 is 0 Å². The van der Waals surface area contributed by atoms with Crippen molar-refractivity contribution >= 4 is 5.91 Å². The third-order valence-corrected chi connectivity index (χ3v) is 5.78. The molecule has 0 saturated carbocycles. The molecule has 2 heterocycles. The van der Waals surface area contributed by atoms with Gasteiger partial charge in [0, 0.05) is 30.4 Å². The Bertz CT molecular complexity index is 793. The van der Waals surface area contributed by atoms with Gasteiger partial charge in [0.1, 0.15) is 0 Å². The quantitative estimate of drug-likeness (QED) is 0.924. The summed E-state index contributed by atoms with van der Waals surface area (Å²) in [4.78, 5) is 15.2. The summed E-state index contributed by atoms with van der Waals surface area (Å²) < 4.78 is 2.01. The Kier molecular flexibility index (Phi) is 4.81. The molecule has 1 aliphatic heterocycles. The molecule has 0 radical (unpaired) electrons. The SMILES string of the molecule is CNC1CCCN(C(=O)c2nn(-c3ccc(C)cc3)c3c2CCCC3)C1. The van der Waals surface area contributed by atoms with E-state index >= 15 is 0 Å². The topological polar surface area (TPSA) is 50.2 Å². The summed E-state index contributed by atoms with van der Waals surface area (Å²) in [6.07, 6.45) is 6.47. The zero-order chi connectivity index (χ0) is 18.1. The second kappa shape index (κ2) is 7.23. The number of benzene rings is 1. The Labute approximate surface area is 155 Å². The predicted molar refractivity (Wildman–Crippen MR) is 103 cm³/mol. The normalized spacial score (nSPS) is 20.1. The number of hydrogen-bond acceptors (Lipinski definition) is 3. The average Bonchev–Trinajstić information content (AvgIpc) is 3.08. The van der Waals surface area contributed by atoms with Gasteiger partial charge in [-0.05, 0) is 64.6 Å². The highest BCUT2D eigenvalue weighted by atomic mass is 16.2. The van der Waals surface area contributed by atoms with Crippen LogP contribution in [0.2, 0.25) is 0 Å². The smallest absolute Gasteiger partial charge is 0.274 e. The van der Waals surface area contributed by atoms with Crippen molar-refractivity contribution < 1.29 is 4.79 Å². The number of piperidine rings is 1. The maximum Gasteiger partial charge on any atom is 0.274 e. The van der Waals surface area contributed by atoms with Crippen LogP contribution in [0.4, 0.5) is 0 Å². The van der Waals surface area contributed by atoms with Crippen LogP contribution in [0, 0.1) is 6.92 Å². The molecule has 1 unspecified atom stereocenters. The molecule has 1 saturated heterocycles. The van der Waals surface area contributed by atoms with Crippen molar-refractivity contribution in [1.82, 2.24) is 20.0 Å². The van der Waals surface area contributed by atoms with Gasteiger partial charge in [-0.25, -0.2) is 4.68 Å². The summed E-state index contributed by atoms with van der Waals surface area (Å²) in [6, 6.07) is 8.81. The number of fused-ring (bicyclic) bond motifs is 1. The number of likely N-dealkylation sites (tertiary alicyclic amines) is 1. The molecule has 138 valence electrons. The number of likely N-dealkylation sites (N-methyl/N-ethyl adjacent to an activating group) is 1. The summed E-state index contributed by atoms with van der Waals surface area (Å²) in [5.74, 6) is 0.106. The first-order chi connectivity index (χ1) is 12.7. The Morgan fingerprint density at radius 3 is 2.69 bits per heavy atom. The van der Waals surface area contributed by atoms with E-state index in [2.05, 4.69) is 36.5 Å². The van der Waals surface area contributed by atoms with Gasteiger partial charge < -0.3 is 10.2 Å². The van der Waals surface area contributed by atoms with Crippen molar-refractivity contribution in [3.8, 4) is 5.69 Å². The van der Waals surface area contributed by atoms with Crippen LogP contribution in [0.25, 0.3) is 5.69 Å². The highest BCUT2D eigenvalue weighted by molar-refractivity contribution is 5.94. The Balaban J connectivity index is 1.70. The van der Waals surface area contributed by atoms with Gasteiger partial charge in [-0.3, -0.25) is 4.79 Å². The fraction of sp³-hybridized carbons (Fsp3) is 0.524. The van der Waals surface area contributed by atoms with Crippen LogP contribution in [0.15, 0.2) is 24.3 Å². The molecule has 4 rings (SSSR count). The first-order valence-electron chi connectivity index (χ1n) is 9.81. The van der Waals surface area contributed by atoms with Gasteiger partial charge in [0.2, 0.25) is 0 Å². The molecule has 1 N–H and O–H groups in total. The van der Waals surface area contributed by atoms with Crippen LogP contribution in [0.3, 0.4) is 0 Å². The Morgan fingerprint density at radius 1 is 1.15 bits per heavy atom. The number of carbonyl (C=O) groups excluding carboxylic acids is 1. The van der Waals surface area contributed by atoms with Gasteiger partial charge in [-0.1, -0.05) is 17.7 Å². The maximum absolute atomic E-state index is 13.3. The standard InChI is InChI=1S/C21H28N4O/c1-15-9-11-17(12-10-15)25-19-8-4-3-7-18(19)20(23-25)21(26)24-13-5-6-16(14-24)22-2/h9-12,16,22H,3-8,13-14H2,1-2H3. The molecule has 1 atom stereocenters. The second-order valence-corrected chi connectivity index (χ2v) is 7.61. The fourth-order valence-corrected chi connectivity index (χ4v) is 4.22. The van der Waals surface area contributed by atoms with Crippen LogP contribution < -0.4 is 5.32 Å². The van der Waals surface area contributed by atoms with Crippen LogP contribution in [0.1, 0.15) is 53.0 Å². The molecule has 26 heavy (non-hydrogen) atoms. The molecule has 1 aromatic heterocycles. The highest BCUT2D eigenvalue weighted by Crippen LogP contribution is 2.28. The second-order valence-electron chi connectivity index (χ2n) is 7.61. The summed E-state index contributed by atoms with van der Waals surface area (Å²) in [6.45, 7) is 3.70. The minimum atomic E-state index is 0.106. The lowest BCUT2D eigenvalue weighted by atomic mass is 9.95. The minimum Gasteiger partial charge on any atom is -0.336 e. The van der Waals surface area contributed by atoms with Crippen molar-refractivity contribution in [1.29, 1.82) is 0 Å². The molecular formula is C21H28N4O. The van der Waals surface area contributed by atoms with Crippen molar-refractivity contribution in [2.75, 3.05) is 20.1 Å². The van der Waals surface area contributed by atoms with Gasteiger partial charge in [0.25, 0.3) is 5.91 Å². The number of amides is 1. The molecule has 2 aliphatic rings. The predicted octanol–water partition coefficient (Wildman–Crippen LogP) is 2.88. The molecule has 1 fully saturated rings. The van der Waals surface area contributed by atoms with E-state index in [9.17, 15) is 4.79 Å². The van der Waals surface area contributed by atoms with E-state index in [-0.39, 0.29) is 5.91 Å². The molecule has 1 amide bonds. The van der Waals surface area contributed by atoms with E-state index in [4.69, 9.17) is 5.10 Å². The van der Waals surface area contributed by atoms with E-state index in [1.807, 2.05) is 16.6 Å². The van der Waals surface area contributed by atoms with E-state index in [1.54, 1.807) is 0 Å². The lowest BCUT2D eigenvalue weighted by Gasteiger charge is -2.32. The zero-order valence-corrected chi connectivity index (χ0v) is 15.8. The lowest BCUT2D eigenvalue weighted by Crippen LogP contribution is -2.47. The van der Waals surface area contributed by atoms with Crippen LogP contribution in [-0.4, -0.2) is 46.8 Å². The number of nitrogens with one attached hydrogen (secondary N) is 1. The number of nitrogens with zero attached hydrogens (tertiary/aromatic N) is 3. The van der Waals surface area contributed by atoms with Gasteiger partial charge >= 0.3 is 0 Å². The number of rotatable bonds is 3. The Hall–Kier alpha value is -2.14. The molecule has 0 spiro atoms. The van der Waals surface area contributed by atoms with Crippen LogP contribution >= 0.6 is 0 Å². The molecule has 5 nitrogen and oxygen atoms in total. The molecule has 5 heteroatoms. The van der Waals surface area contributed by atoms with E-state index in [1.165, 1.54) is 23.2 Å². The van der Waals surface area contributed by atoms with Crippen molar-refractivity contribution in [3.63, 3.8) is 0 Å². The highest BCUT2D eigenvalue weighted by Gasteiger charge is 2.30. The summed E-state index contributed by atoms with van der Waals surface area (Å²) in [5.41, 5.74) is 5.37. The number of hydrogen-bond donors (Lipinski definition) is 1. The monoisotopic (exact) mass is 352 g/mol. The molecule has 1 aromatic carbocycles. The summed E-state index contributed by atoms with van der Waals surface area (Å²) in [5, 5.41) is 8.14. The molecule has 0 bridgehead atoms. The van der Waals surface area contributed by atoms with Gasteiger partial charge in [-0.15, -0.1) is 0 Å². The summed E-state index contributed by atoms with van der Waals surface area (Å²) >= 11 is 0. The van der Waals surface area contributed by atoms with Crippen molar-refractivity contribution in [3.05, 3.63) is 46.8 Å². The summed E-state index contributed by atoms with van der Waals surface area (Å²) in [7, 11) is 1.98. The third kappa shape index (κ3) is 3.16. The first kappa shape index (κ1) is 17.3. The minimum absolute atomic E-state index is 0.106. The van der Waals surface area contributed by atoms with Gasteiger partial charge in [0.05, 0.1) is 5.69 Å². The largest absolute Gasteiger partial charge is 0.336 e. The lowest BCUT2D eigenvalue weighted by molar-refractivity contribution is 0.0690. The number of aromatic nitrogens is 2. The van der Waals surface area contributed by atoms with Gasteiger partial charge in [-0.2, -0.15) is 5.10 Å². The maximum atomic E-state index is 13.3. The van der Waals surface area contributed by atoms with Crippen LogP contribution in [-0.2, 0) is 12.8 Å². The fourth-order valence-electron chi connectivity index (χ4n) is 4.22. The Morgan fingerprint density at radius 2 is 1.92 bits per heavy atom. The molecule has 2 aromatic rings.